The number of carbonyl (C=O) groups is 1. The van der Waals surface area contributed by atoms with Gasteiger partial charge in [-0.25, -0.2) is 0 Å². The minimum Gasteiger partial charge on any atom is -0.508 e. The number of aromatic nitrogens is 1. The van der Waals surface area contributed by atoms with Gasteiger partial charge in [-0.1, -0.05) is 25.1 Å². The van der Waals surface area contributed by atoms with E-state index in [4.69, 9.17) is 0 Å². The van der Waals surface area contributed by atoms with Crippen LogP contribution in [0.4, 0.5) is 0 Å². The molecule has 4 heteroatoms. The van der Waals surface area contributed by atoms with E-state index in [0.717, 1.165) is 18.5 Å². The van der Waals surface area contributed by atoms with Crippen molar-refractivity contribution >= 4 is 5.91 Å². The largest absolute Gasteiger partial charge is 0.508 e. The number of amides is 1. The van der Waals surface area contributed by atoms with E-state index >= 15 is 0 Å². The topological polar surface area (TPSA) is 45.5 Å². The molecular weight excluding hydrogens is 264 g/mol. The van der Waals surface area contributed by atoms with Gasteiger partial charge in [0.2, 0.25) is 0 Å². The number of hydrogen-bond donors (Lipinski definition) is 1. The van der Waals surface area contributed by atoms with Crippen LogP contribution < -0.4 is 0 Å². The molecule has 1 atom stereocenters. The summed E-state index contributed by atoms with van der Waals surface area (Å²) in [5.41, 5.74) is 1.43. The van der Waals surface area contributed by atoms with Crippen LogP contribution in [0.2, 0.25) is 0 Å². The van der Waals surface area contributed by atoms with Gasteiger partial charge in [-0.15, -0.1) is 0 Å². The van der Waals surface area contributed by atoms with Crippen LogP contribution in [0.1, 0.15) is 42.4 Å². The van der Waals surface area contributed by atoms with Crippen LogP contribution in [-0.2, 0) is 6.54 Å². The Hall–Kier alpha value is -2.23. The van der Waals surface area contributed by atoms with E-state index in [9.17, 15) is 9.90 Å². The highest BCUT2D eigenvalue weighted by molar-refractivity contribution is 5.93. The quantitative estimate of drug-likeness (QED) is 0.915. The Morgan fingerprint density at radius 3 is 2.67 bits per heavy atom. The average molecular weight is 286 g/mol. The Kier molecular flexibility index (Phi) is 4.68. The second-order valence-electron chi connectivity index (χ2n) is 5.24. The molecule has 1 N–H and O–H groups in total. The van der Waals surface area contributed by atoms with E-state index in [-0.39, 0.29) is 17.7 Å². The Labute approximate surface area is 125 Å². The molecule has 1 amide bonds. The van der Waals surface area contributed by atoms with Gasteiger partial charge in [0.25, 0.3) is 5.91 Å². The summed E-state index contributed by atoms with van der Waals surface area (Å²) >= 11 is 0. The van der Waals surface area contributed by atoms with Crippen LogP contribution in [0, 0.1) is 0 Å². The predicted molar refractivity (Wildman–Crippen MR) is 83.3 cm³/mol. The molecule has 21 heavy (non-hydrogen) atoms. The standard InChI is InChI=1S/C17H22N2O2/c1-4-11-19-12-7-9-15(19)17(21)18(3)13(2)14-8-5-6-10-16(14)20/h5-10,12-13,20H,4,11H2,1-3H3. The molecule has 4 nitrogen and oxygen atoms in total. The van der Waals surface area contributed by atoms with Gasteiger partial charge in [-0.3, -0.25) is 4.79 Å². The van der Waals surface area contributed by atoms with Crippen LogP contribution in [-0.4, -0.2) is 27.5 Å². The molecule has 0 aliphatic rings. The number of benzene rings is 1. The van der Waals surface area contributed by atoms with Gasteiger partial charge >= 0.3 is 0 Å². The molecule has 2 rings (SSSR count). The molecule has 0 radical (unpaired) electrons. The van der Waals surface area contributed by atoms with Crippen molar-refractivity contribution in [3.8, 4) is 5.75 Å². The summed E-state index contributed by atoms with van der Waals surface area (Å²) in [4.78, 5) is 14.3. The summed E-state index contributed by atoms with van der Waals surface area (Å²) in [6, 6.07) is 10.7. The van der Waals surface area contributed by atoms with Crippen LogP contribution in [0.3, 0.4) is 0 Å². The maximum absolute atomic E-state index is 12.7. The Morgan fingerprint density at radius 1 is 1.29 bits per heavy atom. The van der Waals surface area contributed by atoms with E-state index in [1.807, 2.05) is 42.0 Å². The van der Waals surface area contributed by atoms with Gasteiger partial charge in [0.1, 0.15) is 11.4 Å². The molecule has 0 saturated carbocycles. The SMILES string of the molecule is CCCn1cccc1C(=O)N(C)C(C)c1ccccc1O. The fourth-order valence-electron chi connectivity index (χ4n) is 2.45. The first-order valence-corrected chi connectivity index (χ1v) is 7.26. The predicted octanol–water partition coefficient (Wildman–Crippen LogP) is 3.44. The lowest BCUT2D eigenvalue weighted by Gasteiger charge is -2.26. The zero-order valence-corrected chi connectivity index (χ0v) is 12.8. The minimum atomic E-state index is -0.191. The Morgan fingerprint density at radius 2 is 2.00 bits per heavy atom. The second kappa shape index (κ2) is 6.48. The highest BCUT2D eigenvalue weighted by Crippen LogP contribution is 2.28. The third-order valence-electron chi connectivity index (χ3n) is 3.80. The van der Waals surface area contributed by atoms with Crippen molar-refractivity contribution in [3.63, 3.8) is 0 Å². The summed E-state index contributed by atoms with van der Waals surface area (Å²) in [6.07, 6.45) is 2.91. The molecule has 0 saturated heterocycles. The molecule has 0 aliphatic carbocycles. The number of nitrogens with zero attached hydrogens (tertiary/aromatic N) is 2. The first kappa shape index (κ1) is 15.2. The third-order valence-corrected chi connectivity index (χ3v) is 3.80. The van der Waals surface area contributed by atoms with Crippen molar-refractivity contribution in [2.75, 3.05) is 7.05 Å². The zero-order chi connectivity index (χ0) is 15.4. The lowest BCUT2D eigenvalue weighted by molar-refractivity contribution is 0.0730. The van der Waals surface area contributed by atoms with Crippen molar-refractivity contribution in [2.45, 2.75) is 32.9 Å². The second-order valence-corrected chi connectivity index (χ2v) is 5.24. The minimum absolute atomic E-state index is 0.0378. The number of carbonyl (C=O) groups excluding carboxylic acids is 1. The molecule has 1 heterocycles. The van der Waals surface area contributed by atoms with Crippen LogP contribution in [0.15, 0.2) is 42.6 Å². The van der Waals surface area contributed by atoms with Crippen LogP contribution in [0.5, 0.6) is 5.75 Å². The number of aromatic hydroxyl groups is 1. The van der Waals surface area contributed by atoms with E-state index < -0.39 is 0 Å². The molecule has 0 fully saturated rings. The molecule has 112 valence electrons. The fraction of sp³-hybridized carbons (Fsp3) is 0.353. The van der Waals surface area contributed by atoms with Gasteiger partial charge in [-0.05, 0) is 31.5 Å². The fourth-order valence-corrected chi connectivity index (χ4v) is 2.45. The number of aryl methyl sites for hydroxylation is 1. The lowest BCUT2D eigenvalue weighted by Crippen LogP contribution is -2.31. The van der Waals surface area contributed by atoms with E-state index in [1.54, 1.807) is 24.1 Å². The average Bonchev–Trinajstić information content (AvgIpc) is 2.94. The molecule has 1 aromatic carbocycles. The monoisotopic (exact) mass is 286 g/mol. The van der Waals surface area contributed by atoms with Gasteiger partial charge in [0, 0.05) is 25.4 Å². The smallest absolute Gasteiger partial charge is 0.270 e. The lowest BCUT2D eigenvalue weighted by atomic mass is 10.1. The molecule has 1 unspecified atom stereocenters. The Bertz CT molecular complexity index is 619. The van der Waals surface area contributed by atoms with Crippen LogP contribution in [0.25, 0.3) is 0 Å². The highest BCUT2D eigenvalue weighted by Gasteiger charge is 2.22. The number of phenols is 1. The summed E-state index contributed by atoms with van der Waals surface area (Å²) in [6.45, 7) is 4.83. The number of para-hydroxylation sites is 1. The summed E-state index contributed by atoms with van der Waals surface area (Å²) in [5, 5.41) is 9.94. The number of rotatable bonds is 5. The highest BCUT2D eigenvalue weighted by atomic mass is 16.3. The van der Waals surface area contributed by atoms with Crippen molar-refractivity contribution in [3.05, 3.63) is 53.9 Å². The van der Waals surface area contributed by atoms with E-state index in [2.05, 4.69) is 6.92 Å². The molecule has 2 aromatic rings. The summed E-state index contributed by atoms with van der Waals surface area (Å²) < 4.78 is 1.97. The first-order valence-electron chi connectivity index (χ1n) is 7.26. The summed E-state index contributed by atoms with van der Waals surface area (Å²) in [7, 11) is 1.77. The molecule has 0 aliphatic heterocycles. The molecule has 1 aromatic heterocycles. The molecular formula is C17H22N2O2. The van der Waals surface area contributed by atoms with Crippen molar-refractivity contribution in [1.82, 2.24) is 9.47 Å². The van der Waals surface area contributed by atoms with Gasteiger partial charge < -0.3 is 14.6 Å². The third kappa shape index (κ3) is 3.10. The first-order chi connectivity index (χ1) is 10.1. The van der Waals surface area contributed by atoms with Crippen molar-refractivity contribution in [2.24, 2.45) is 0 Å². The molecule has 0 spiro atoms. The van der Waals surface area contributed by atoms with E-state index in [1.165, 1.54) is 0 Å². The maximum Gasteiger partial charge on any atom is 0.270 e. The zero-order valence-electron chi connectivity index (χ0n) is 12.8. The van der Waals surface area contributed by atoms with Gasteiger partial charge in [-0.2, -0.15) is 0 Å². The maximum atomic E-state index is 12.7. The van der Waals surface area contributed by atoms with Gasteiger partial charge in [0.05, 0.1) is 6.04 Å². The van der Waals surface area contributed by atoms with E-state index in [0.29, 0.717) is 5.69 Å². The van der Waals surface area contributed by atoms with Crippen LogP contribution >= 0.6 is 0 Å². The van der Waals surface area contributed by atoms with Crippen molar-refractivity contribution < 1.29 is 9.90 Å². The van der Waals surface area contributed by atoms with Gasteiger partial charge in [0.15, 0.2) is 0 Å². The molecule has 0 bridgehead atoms. The summed E-state index contributed by atoms with van der Waals surface area (Å²) in [5.74, 6) is 0.179. The number of phenolic OH excluding ortho intramolecular Hbond substituents is 1. The normalized spacial score (nSPS) is 12.1. The Balaban J connectivity index is 2.23. The number of hydrogen-bond acceptors (Lipinski definition) is 2. The van der Waals surface area contributed by atoms with Crippen molar-refractivity contribution in [1.29, 1.82) is 0 Å².